The third-order valence-corrected chi connectivity index (χ3v) is 5.72. The van der Waals surface area contributed by atoms with E-state index in [4.69, 9.17) is 11.5 Å². The first kappa shape index (κ1) is 19.4. The van der Waals surface area contributed by atoms with Crippen LogP contribution in [0.15, 0.2) is 29.9 Å². The smallest absolute Gasteiger partial charge is 0.264 e. The summed E-state index contributed by atoms with van der Waals surface area (Å²) in [4.78, 5) is 24.4. The lowest BCUT2D eigenvalue weighted by molar-refractivity contribution is -0.0555. The van der Waals surface area contributed by atoms with E-state index in [1.165, 1.54) is 17.5 Å². The van der Waals surface area contributed by atoms with Crippen LogP contribution in [0.5, 0.6) is 0 Å². The lowest BCUT2D eigenvalue weighted by Crippen LogP contribution is -2.55. The number of nitrogens with one attached hydrogen (secondary N) is 2. The van der Waals surface area contributed by atoms with Gasteiger partial charge in [0.05, 0.1) is 27.8 Å². The Morgan fingerprint density at radius 1 is 1.31 bits per heavy atom. The number of carbonyl (C=O) groups is 1. The Balaban J connectivity index is 1.61. The summed E-state index contributed by atoms with van der Waals surface area (Å²) in [5.41, 5.74) is 14.4. The molecule has 1 aliphatic rings. The van der Waals surface area contributed by atoms with Crippen molar-refractivity contribution in [1.29, 1.82) is 0 Å². The molecule has 0 spiro atoms. The second-order valence-corrected chi connectivity index (χ2v) is 7.80. The van der Waals surface area contributed by atoms with Crippen LogP contribution in [0.3, 0.4) is 0 Å². The van der Waals surface area contributed by atoms with Crippen molar-refractivity contribution in [2.45, 2.75) is 37.3 Å². The molecule has 2 aromatic heterocycles. The molecule has 0 saturated heterocycles. The van der Waals surface area contributed by atoms with Gasteiger partial charge in [-0.1, -0.05) is 0 Å². The van der Waals surface area contributed by atoms with Crippen LogP contribution in [0, 0.1) is 0 Å². The molecule has 2 atom stereocenters. The van der Waals surface area contributed by atoms with Crippen molar-refractivity contribution in [2.75, 3.05) is 10.6 Å². The highest BCUT2D eigenvalue weighted by Gasteiger charge is 2.44. The number of fused-ring (bicyclic) bond motifs is 1. The predicted octanol–water partition coefficient (Wildman–Crippen LogP) is 2.86. The molecule has 1 aromatic carbocycles. The highest BCUT2D eigenvalue weighted by Crippen LogP contribution is 2.33. The minimum absolute atomic E-state index is 0.0761. The van der Waals surface area contributed by atoms with Crippen LogP contribution in [0.25, 0.3) is 10.2 Å². The molecule has 2 heterocycles. The maximum Gasteiger partial charge on any atom is 0.264 e. The van der Waals surface area contributed by atoms with Crippen molar-refractivity contribution < 1.29 is 13.6 Å². The Bertz CT molecular complexity index is 1060. The van der Waals surface area contributed by atoms with Gasteiger partial charge in [0.25, 0.3) is 11.8 Å². The zero-order valence-corrected chi connectivity index (χ0v) is 16.0. The number of aromatic nitrogens is 3. The van der Waals surface area contributed by atoms with E-state index in [2.05, 4.69) is 25.6 Å². The Morgan fingerprint density at radius 2 is 2.14 bits per heavy atom. The first-order chi connectivity index (χ1) is 13.8. The summed E-state index contributed by atoms with van der Waals surface area (Å²) >= 11 is 1.51. The number of nitrogens with zero attached hydrogens (tertiary/aromatic N) is 3. The topological polar surface area (TPSA) is 132 Å². The van der Waals surface area contributed by atoms with Crippen molar-refractivity contribution in [2.24, 2.45) is 11.5 Å². The van der Waals surface area contributed by atoms with E-state index in [-0.39, 0.29) is 23.8 Å². The van der Waals surface area contributed by atoms with Gasteiger partial charge in [0, 0.05) is 18.3 Å². The fourth-order valence-corrected chi connectivity index (χ4v) is 3.98. The number of nitrogens with two attached hydrogens (primary N) is 2. The molecular formula is C18H19F2N7OS. The highest BCUT2D eigenvalue weighted by atomic mass is 32.1. The molecule has 8 nitrogen and oxygen atoms in total. The maximum absolute atomic E-state index is 13.9. The van der Waals surface area contributed by atoms with Gasteiger partial charge in [-0.25, -0.2) is 18.7 Å². The number of halogens is 2. The number of carbonyl (C=O) groups excluding carboxylic acids is 1. The van der Waals surface area contributed by atoms with Crippen LogP contribution in [0.2, 0.25) is 0 Å². The van der Waals surface area contributed by atoms with Gasteiger partial charge in [-0.3, -0.25) is 4.79 Å². The predicted molar refractivity (Wildman–Crippen MR) is 108 cm³/mol. The van der Waals surface area contributed by atoms with Crippen LogP contribution < -0.4 is 22.1 Å². The van der Waals surface area contributed by atoms with Crippen LogP contribution >= 0.6 is 11.3 Å². The van der Waals surface area contributed by atoms with Crippen molar-refractivity contribution in [3.63, 3.8) is 0 Å². The number of rotatable bonds is 5. The summed E-state index contributed by atoms with van der Waals surface area (Å²) in [5, 5.41) is 5.91. The Labute approximate surface area is 168 Å². The first-order valence-corrected chi connectivity index (χ1v) is 9.88. The van der Waals surface area contributed by atoms with Crippen molar-refractivity contribution in [3.8, 4) is 0 Å². The summed E-state index contributed by atoms with van der Waals surface area (Å²) < 4.78 is 28.8. The molecule has 152 valence electrons. The SMILES string of the molecule is NC(=O)c1cnc(N[C@@H]2CCCC(F)(F)[C@@H]2N)nc1Nc1ccc2scnc2c1. The van der Waals surface area contributed by atoms with Gasteiger partial charge in [0.1, 0.15) is 11.4 Å². The molecule has 29 heavy (non-hydrogen) atoms. The average Bonchev–Trinajstić information content (AvgIpc) is 3.13. The Hall–Kier alpha value is -2.92. The van der Waals surface area contributed by atoms with Crippen molar-refractivity contribution in [1.82, 2.24) is 15.0 Å². The number of hydrogen-bond acceptors (Lipinski definition) is 8. The van der Waals surface area contributed by atoms with E-state index in [0.717, 1.165) is 10.2 Å². The van der Waals surface area contributed by atoms with E-state index >= 15 is 0 Å². The Morgan fingerprint density at radius 3 is 2.93 bits per heavy atom. The molecule has 4 rings (SSSR count). The minimum atomic E-state index is -2.95. The molecule has 6 N–H and O–H groups in total. The molecular weight excluding hydrogens is 400 g/mol. The number of thiazole rings is 1. The first-order valence-electron chi connectivity index (χ1n) is 9.00. The van der Waals surface area contributed by atoms with Crippen LogP contribution in [0.4, 0.5) is 26.2 Å². The van der Waals surface area contributed by atoms with Gasteiger partial charge >= 0.3 is 0 Å². The zero-order valence-electron chi connectivity index (χ0n) is 15.2. The largest absolute Gasteiger partial charge is 0.365 e. The normalized spacial score (nSPS) is 21.1. The molecule has 11 heteroatoms. The molecule has 1 fully saturated rings. The quantitative estimate of drug-likeness (QED) is 0.500. The lowest BCUT2D eigenvalue weighted by Gasteiger charge is -2.35. The zero-order chi connectivity index (χ0) is 20.6. The average molecular weight is 419 g/mol. The number of amides is 1. The van der Waals surface area contributed by atoms with Crippen LogP contribution in [0.1, 0.15) is 29.6 Å². The van der Waals surface area contributed by atoms with E-state index in [9.17, 15) is 13.6 Å². The van der Waals surface area contributed by atoms with E-state index in [1.54, 1.807) is 5.51 Å². The van der Waals surface area contributed by atoms with E-state index in [0.29, 0.717) is 18.5 Å². The summed E-state index contributed by atoms with van der Waals surface area (Å²) in [5.74, 6) is -3.41. The Kier molecular flexibility index (Phi) is 5.01. The minimum Gasteiger partial charge on any atom is -0.365 e. The molecule has 0 unspecified atom stereocenters. The molecule has 1 aliphatic carbocycles. The van der Waals surface area contributed by atoms with Gasteiger partial charge in [-0.2, -0.15) is 4.98 Å². The second kappa shape index (κ2) is 7.48. The molecule has 0 radical (unpaired) electrons. The highest BCUT2D eigenvalue weighted by molar-refractivity contribution is 7.16. The molecule has 0 bridgehead atoms. The summed E-state index contributed by atoms with van der Waals surface area (Å²) in [7, 11) is 0. The van der Waals surface area contributed by atoms with E-state index in [1.807, 2.05) is 18.2 Å². The number of primary amides is 1. The van der Waals surface area contributed by atoms with Gasteiger partial charge in [0.2, 0.25) is 5.95 Å². The standard InChI is InChI=1S/C18H19F2N7OS/c19-18(20)5-1-2-11(14(18)21)26-17-23-7-10(15(22)28)16(27-17)25-9-3-4-13-12(6-9)24-8-29-13/h3-4,6-8,11,14H,1-2,5,21H2,(H2,22,28)(H2,23,25,26,27)/t11-,14-/m1/s1. The molecule has 1 amide bonds. The summed E-state index contributed by atoms with van der Waals surface area (Å²) in [6.45, 7) is 0. The van der Waals surface area contributed by atoms with Gasteiger partial charge in [-0.15, -0.1) is 11.3 Å². The van der Waals surface area contributed by atoms with Gasteiger partial charge in [0.15, 0.2) is 0 Å². The monoisotopic (exact) mass is 419 g/mol. The number of benzene rings is 1. The van der Waals surface area contributed by atoms with Gasteiger partial charge in [-0.05, 0) is 31.0 Å². The number of anilines is 3. The van der Waals surface area contributed by atoms with Crippen molar-refractivity contribution in [3.05, 3.63) is 35.5 Å². The van der Waals surface area contributed by atoms with Crippen molar-refractivity contribution >= 4 is 44.9 Å². The van der Waals surface area contributed by atoms with Gasteiger partial charge < -0.3 is 22.1 Å². The molecule has 0 aliphatic heterocycles. The molecule has 1 saturated carbocycles. The number of hydrogen-bond donors (Lipinski definition) is 4. The van der Waals surface area contributed by atoms with Crippen LogP contribution in [-0.2, 0) is 0 Å². The third-order valence-electron chi connectivity index (χ3n) is 4.91. The maximum atomic E-state index is 13.9. The fourth-order valence-electron chi connectivity index (χ4n) is 3.33. The summed E-state index contributed by atoms with van der Waals surface area (Å²) in [6, 6.07) is 3.49. The summed E-state index contributed by atoms with van der Waals surface area (Å²) in [6.07, 6.45) is 1.84. The third kappa shape index (κ3) is 3.96. The van der Waals surface area contributed by atoms with Crippen LogP contribution in [-0.4, -0.2) is 38.9 Å². The lowest BCUT2D eigenvalue weighted by atomic mass is 9.87. The molecule has 3 aromatic rings. The number of alkyl halides is 2. The van der Waals surface area contributed by atoms with E-state index < -0.39 is 23.9 Å². The fraction of sp³-hybridized carbons (Fsp3) is 0.333. The second-order valence-electron chi connectivity index (χ2n) is 6.91.